The highest BCUT2D eigenvalue weighted by atomic mass is 16.3. The molecule has 1 aliphatic heterocycles. The van der Waals surface area contributed by atoms with Gasteiger partial charge in [0.1, 0.15) is 6.10 Å². The monoisotopic (exact) mass is 213 g/mol. The molecule has 1 N–H and O–H groups in total. The molecule has 2 atom stereocenters. The summed E-state index contributed by atoms with van der Waals surface area (Å²) in [5.74, 6) is -0.0897. The van der Waals surface area contributed by atoms with Gasteiger partial charge in [-0.25, -0.2) is 0 Å². The lowest BCUT2D eigenvalue weighted by Crippen LogP contribution is -2.41. The Balaban J connectivity index is 2.57. The molecule has 1 heterocycles. The van der Waals surface area contributed by atoms with Gasteiger partial charge in [-0.15, -0.1) is 0 Å². The van der Waals surface area contributed by atoms with E-state index in [9.17, 15) is 9.90 Å². The smallest absolute Gasteiger partial charge is 0.251 e. The molecule has 3 heteroatoms. The molecule has 1 fully saturated rings. The van der Waals surface area contributed by atoms with Crippen LogP contribution < -0.4 is 0 Å². The van der Waals surface area contributed by atoms with Gasteiger partial charge < -0.3 is 10.0 Å². The molecule has 1 saturated heterocycles. The number of nitrogens with zero attached hydrogens (tertiary/aromatic N) is 1. The fraction of sp³-hybridized carbons (Fsp3) is 0.917. The van der Waals surface area contributed by atoms with Crippen LogP contribution in [0.2, 0.25) is 0 Å². The highest BCUT2D eigenvalue weighted by Crippen LogP contribution is 2.33. The van der Waals surface area contributed by atoms with Crippen molar-refractivity contribution in [1.82, 2.24) is 4.90 Å². The van der Waals surface area contributed by atoms with Crippen molar-refractivity contribution < 1.29 is 9.90 Å². The zero-order valence-electron chi connectivity index (χ0n) is 10.3. The van der Waals surface area contributed by atoms with Gasteiger partial charge in [0.15, 0.2) is 0 Å². The van der Waals surface area contributed by atoms with Crippen molar-refractivity contribution in [1.29, 1.82) is 0 Å². The first-order valence-corrected chi connectivity index (χ1v) is 5.86. The summed E-state index contributed by atoms with van der Waals surface area (Å²) in [5, 5.41) is 9.71. The molecule has 0 bridgehead atoms. The van der Waals surface area contributed by atoms with E-state index in [-0.39, 0.29) is 17.2 Å². The Hall–Kier alpha value is -0.570. The number of hydrogen-bond donors (Lipinski definition) is 1. The Morgan fingerprint density at radius 2 is 2.13 bits per heavy atom. The Labute approximate surface area is 92.5 Å². The van der Waals surface area contributed by atoms with Gasteiger partial charge in [-0.05, 0) is 24.2 Å². The molecule has 88 valence electrons. The van der Waals surface area contributed by atoms with E-state index in [1.165, 1.54) is 0 Å². The second kappa shape index (κ2) is 4.52. The van der Waals surface area contributed by atoms with Crippen LogP contribution in [0.15, 0.2) is 0 Å². The van der Waals surface area contributed by atoms with Crippen LogP contribution in [-0.4, -0.2) is 35.1 Å². The molecule has 0 spiro atoms. The van der Waals surface area contributed by atoms with Gasteiger partial charge in [-0.3, -0.25) is 4.79 Å². The maximum atomic E-state index is 11.9. The third kappa shape index (κ3) is 2.71. The second-order valence-corrected chi connectivity index (χ2v) is 5.36. The summed E-state index contributed by atoms with van der Waals surface area (Å²) < 4.78 is 0. The van der Waals surface area contributed by atoms with Crippen molar-refractivity contribution in [3.05, 3.63) is 0 Å². The number of aliphatic hydroxyl groups is 1. The summed E-state index contributed by atoms with van der Waals surface area (Å²) >= 11 is 0. The van der Waals surface area contributed by atoms with Crippen molar-refractivity contribution in [3.8, 4) is 0 Å². The molecule has 0 radical (unpaired) electrons. The average molecular weight is 213 g/mol. The van der Waals surface area contributed by atoms with Crippen LogP contribution >= 0.6 is 0 Å². The Morgan fingerprint density at radius 1 is 1.53 bits per heavy atom. The summed E-state index contributed by atoms with van der Waals surface area (Å²) in [7, 11) is 0. The molecule has 0 aliphatic carbocycles. The van der Waals surface area contributed by atoms with E-state index >= 15 is 0 Å². The van der Waals surface area contributed by atoms with Gasteiger partial charge >= 0.3 is 0 Å². The van der Waals surface area contributed by atoms with Gasteiger partial charge in [0.25, 0.3) is 5.91 Å². The van der Waals surface area contributed by atoms with Crippen LogP contribution in [0.3, 0.4) is 0 Å². The molecule has 0 saturated carbocycles. The maximum absolute atomic E-state index is 11.9. The maximum Gasteiger partial charge on any atom is 0.251 e. The minimum atomic E-state index is -0.829. The highest BCUT2D eigenvalue weighted by molar-refractivity contribution is 5.81. The number of amides is 1. The van der Waals surface area contributed by atoms with E-state index in [1.54, 1.807) is 0 Å². The third-order valence-electron chi connectivity index (χ3n) is 3.61. The fourth-order valence-corrected chi connectivity index (χ4v) is 1.97. The van der Waals surface area contributed by atoms with Crippen LogP contribution in [0.4, 0.5) is 0 Å². The van der Waals surface area contributed by atoms with E-state index in [4.69, 9.17) is 0 Å². The Bertz CT molecular complexity index is 240. The van der Waals surface area contributed by atoms with Crippen molar-refractivity contribution in [2.45, 2.75) is 46.6 Å². The SMILES string of the molecule is CC[C@@]1(C)CCN(C(=O)[C@@H](O)C(C)C)C1. The molecule has 1 rings (SSSR count). The first-order chi connectivity index (χ1) is 6.89. The first-order valence-electron chi connectivity index (χ1n) is 5.86. The summed E-state index contributed by atoms with van der Waals surface area (Å²) in [5.41, 5.74) is 0.256. The van der Waals surface area contributed by atoms with Crippen LogP contribution in [0.1, 0.15) is 40.5 Å². The number of rotatable bonds is 3. The quantitative estimate of drug-likeness (QED) is 0.774. The van der Waals surface area contributed by atoms with Crippen LogP contribution in [0, 0.1) is 11.3 Å². The van der Waals surface area contributed by atoms with Crippen LogP contribution in [0.25, 0.3) is 0 Å². The van der Waals surface area contributed by atoms with Gasteiger partial charge in [0.2, 0.25) is 0 Å². The number of carbonyl (C=O) groups is 1. The molecule has 0 aromatic heterocycles. The number of likely N-dealkylation sites (tertiary alicyclic amines) is 1. The largest absolute Gasteiger partial charge is 0.383 e. The summed E-state index contributed by atoms with van der Waals surface area (Å²) in [4.78, 5) is 13.7. The second-order valence-electron chi connectivity index (χ2n) is 5.36. The predicted octanol–water partition coefficient (Wildman–Crippen LogP) is 1.65. The summed E-state index contributed by atoms with van der Waals surface area (Å²) in [6.45, 7) is 9.71. The molecule has 1 amide bonds. The van der Waals surface area contributed by atoms with E-state index in [0.29, 0.717) is 0 Å². The molecule has 1 aliphatic rings. The number of aliphatic hydroxyl groups excluding tert-OH is 1. The zero-order valence-corrected chi connectivity index (χ0v) is 10.3. The first kappa shape index (κ1) is 12.5. The lowest BCUT2D eigenvalue weighted by Gasteiger charge is -2.25. The summed E-state index contributed by atoms with van der Waals surface area (Å²) in [6.07, 6.45) is 1.32. The standard InChI is InChI=1S/C12H23NO2/c1-5-12(4)6-7-13(8-12)11(15)10(14)9(2)3/h9-10,14H,5-8H2,1-4H3/t10-,12-/m0/s1. The number of hydrogen-bond acceptors (Lipinski definition) is 2. The fourth-order valence-electron chi connectivity index (χ4n) is 1.97. The van der Waals surface area contributed by atoms with Crippen LogP contribution in [0.5, 0.6) is 0 Å². The summed E-state index contributed by atoms with van der Waals surface area (Å²) in [6, 6.07) is 0. The minimum Gasteiger partial charge on any atom is -0.383 e. The molecule has 3 nitrogen and oxygen atoms in total. The van der Waals surface area contributed by atoms with Crippen molar-refractivity contribution in [3.63, 3.8) is 0 Å². The third-order valence-corrected chi connectivity index (χ3v) is 3.61. The minimum absolute atomic E-state index is 0.00554. The molecule has 0 aromatic carbocycles. The molecule has 15 heavy (non-hydrogen) atoms. The molecular weight excluding hydrogens is 190 g/mol. The zero-order chi connectivity index (χ0) is 11.6. The molecular formula is C12H23NO2. The number of carbonyl (C=O) groups excluding carboxylic acids is 1. The predicted molar refractivity (Wildman–Crippen MR) is 60.4 cm³/mol. The lowest BCUT2D eigenvalue weighted by atomic mass is 9.87. The van der Waals surface area contributed by atoms with Crippen molar-refractivity contribution in [2.24, 2.45) is 11.3 Å². The van der Waals surface area contributed by atoms with E-state index in [1.807, 2.05) is 18.7 Å². The molecule has 0 aromatic rings. The van der Waals surface area contributed by atoms with Crippen molar-refractivity contribution in [2.75, 3.05) is 13.1 Å². The van der Waals surface area contributed by atoms with E-state index < -0.39 is 6.10 Å². The van der Waals surface area contributed by atoms with E-state index in [0.717, 1.165) is 25.9 Å². The Morgan fingerprint density at radius 3 is 2.53 bits per heavy atom. The lowest BCUT2D eigenvalue weighted by molar-refractivity contribution is -0.141. The van der Waals surface area contributed by atoms with Gasteiger partial charge in [-0.2, -0.15) is 0 Å². The average Bonchev–Trinajstić information content (AvgIpc) is 2.59. The topological polar surface area (TPSA) is 40.5 Å². The normalized spacial score (nSPS) is 28.5. The van der Waals surface area contributed by atoms with Gasteiger partial charge in [-0.1, -0.05) is 27.7 Å². The van der Waals surface area contributed by atoms with E-state index in [2.05, 4.69) is 13.8 Å². The van der Waals surface area contributed by atoms with Crippen molar-refractivity contribution >= 4 is 5.91 Å². The van der Waals surface area contributed by atoms with Gasteiger partial charge in [0, 0.05) is 13.1 Å². The van der Waals surface area contributed by atoms with Gasteiger partial charge in [0.05, 0.1) is 0 Å². The van der Waals surface area contributed by atoms with Crippen LogP contribution in [-0.2, 0) is 4.79 Å². The molecule has 0 unspecified atom stereocenters. The highest BCUT2D eigenvalue weighted by Gasteiger charge is 2.36. The Kier molecular flexibility index (Phi) is 3.77.